The van der Waals surface area contributed by atoms with E-state index in [1.165, 1.54) is 0 Å². The van der Waals surface area contributed by atoms with Gasteiger partial charge in [0.15, 0.2) is 0 Å². The Labute approximate surface area is 88.0 Å². The van der Waals surface area contributed by atoms with Gasteiger partial charge in [-0.25, -0.2) is 4.79 Å². The Balaban J connectivity index is 2.96. The van der Waals surface area contributed by atoms with Crippen LogP contribution in [0.1, 0.15) is 20.8 Å². The van der Waals surface area contributed by atoms with Gasteiger partial charge in [-0.3, -0.25) is 0 Å². The van der Waals surface area contributed by atoms with E-state index in [-0.39, 0.29) is 5.76 Å². The Morgan fingerprint density at radius 2 is 1.93 bits per heavy atom. The van der Waals surface area contributed by atoms with E-state index in [1.807, 2.05) is 0 Å². The van der Waals surface area contributed by atoms with Crippen LogP contribution in [0, 0.1) is 5.41 Å². The number of carboxylic acid groups (broad SMARTS) is 1. The summed E-state index contributed by atoms with van der Waals surface area (Å²) >= 11 is 0. The van der Waals surface area contributed by atoms with Crippen LogP contribution < -0.4 is 0 Å². The third kappa shape index (κ3) is 2.49. The minimum absolute atomic E-state index is 0.312. The van der Waals surface area contributed by atoms with Gasteiger partial charge < -0.3 is 20.1 Å². The molecule has 3 N–H and O–H groups in total. The van der Waals surface area contributed by atoms with E-state index in [0.717, 1.165) is 6.08 Å². The highest BCUT2D eigenvalue weighted by molar-refractivity contribution is 5.84. The van der Waals surface area contributed by atoms with Gasteiger partial charge in [0.1, 0.15) is 18.3 Å². The predicted molar refractivity (Wildman–Crippen MR) is 52.1 cm³/mol. The van der Waals surface area contributed by atoms with E-state index in [0.29, 0.717) is 0 Å². The molecule has 1 aliphatic rings. The van der Waals surface area contributed by atoms with E-state index >= 15 is 0 Å². The number of hydrogen-bond acceptors (Lipinski definition) is 4. The van der Waals surface area contributed by atoms with Crippen LogP contribution in [-0.2, 0) is 9.53 Å². The maximum atomic E-state index is 10.7. The monoisotopic (exact) mass is 216 g/mol. The summed E-state index contributed by atoms with van der Waals surface area (Å²) in [4.78, 5) is 10.7. The topological polar surface area (TPSA) is 87.0 Å². The lowest BCUT2D eigenvalue weighted by Gasteiger charge is -2.38. The number of aliphatic carboxylic acids is 1. The fraction of sp³-hybridized carbons (Fsp3) is 0.700. The lowest BCUT2D eigenvalue weighted by Crippen LogP contribution is -2.49. The summed E-state index contributed by atoms with van der Waals surface area (Å²) in [6.45, 7) is 5.41. The summed E-state index contributed by atoms with van der Waals surface area (Å²) in [5.41, 5.74) is -0.449. The van der Waals surface area contributed by atoms with Gasteiger partial charge in [0, 0.05) is 5.41 Å². The number of aliphatic hydroxyl groups is 2. The molecule has 3 atom stereocenters. The maximum Gasteiger partial charge on any atom is 0.370 e. The molecule has 5 nitrogen and oxygen atoms in total. The van der Waals surface area contributed by atoms with Gasteiger partial charge in [-0.05, 0) is 6.08 Å². The smallest absolute Gasteiger partial charge is 0.370 e. The number of rotatable bonds is 1. The molecule has 86 valence electrons. The maximum absolute atomic E-state index is 10.7. The molecule has 0 aromatic rings. The zero-order chi connectivity index (χ0) is 11.8. The minimum Gasteiger partial charge on any atom is -0.480 e. The molecular weight excluding hydrogens is 200 g/mol. The largest absolute Gasteiger partial charge is 0.480 e. The molecule has 0 fully saturated rings. The van der Waals surface area contributed by atoms with Crippen LogP contribution in [0.2, 0.25) is 0 Å². The second kappa shape index (κ2) is 3.83. The molecule has 1 rings (SSSR count). The number of carboxylic acids is 1. The van der Waals surface area contributed by atoms with Crippen LogP contribution in [0.15, 0.2) is 11.8 Å². The quantitative estimate of drug-likeness (QED) is 0.579. The molecule has 0 saturated carbocycles. The molecule has 0 saturated heterocycles. The summed E-state index contributed by atoms with van der Waals surface area (Å²) in [5, 5.41) is 27.9. The zero-order valence-corrected chi connectivity index (χ0v) is 8.97. The first-order valence-corrected chi connectivity index (χ1v) is 4.71. The predicted octanol–water partition coefficient (Wildman–Crippen LogP) is 0.122. The molecule has 5 heteroatoms. The average molecular weight is 216 g/mol. The van der Waals surface area contributed by atoms with Crippen molar-refractivity contribution < 1.29 is 24.9 Å². The van der Waals surface area contributed by atoms with E-state index in [4.69, 9.17) is 9.84 Å². The molecule has 15 heavy (non-hydrogen) atoms. The van der Waals surface area contributed by atoms with Crippen molar-refractivity contribution in [2.75, 3.05) is 0 Å². The highest BCUT2D eigenvalue weighted by Crippen LogP contribution is 2.31. The molecule has 1 aliphatic heterocycles. The van der Waals surface area contributed by atoms with Crippen molar-refractivity contribution in [1.29, 1.82) is 0 Å². The second-order valence-corrected chi connectivity index (χ2v) is 4.72. The summed E-state index contributed by atoms with van der Waals surface area (Å²) in [6, 6.07) is 0. The van der Waals surface area contributed by atoms with Crippen molar-refractivity contribution in [3.8, 4) is 0 Å². The lowest BCUT2D eigenvalue weighted by molar-refractivity contribution is -0.150. The molecule has 0 amide bonds. The summed E-state index contributed by atoms with van der Waals surface area (Å²) in [7, 11) is 0. The van der Waals surface area contributed by atoms with Gasteiger partial charge in [-0.1, -0.05) is 20.8 Å². The zero-order valence-electron chi connectivity index (χ0n) is 8.97. The van der Waals surface area contributed by atoms with Gasteiger partial charge in [-0.2, -0.15) is 0 Å². The number of carbonyl (C=O) groups is 1. The van der Waals surface area contributed by atoms with Gasteiger partial charge in [0.2, 0.25) is 5.76 Å². The molecule has 3 unspecified atom stereocenters. The first kappa shape index (κ1) is 12.0. The molecule has 1 heterocycles. The van der Waals surface area contributed by atoms with Crippen molar-refractivity contribution in [3.63, 3.8) is 0 Å². The van der Waals surface area contributed by atoms with Gasteiger partial charge in [0.05, 0.1) is 0 Å². The second-order valence-electron chi connectivity index (χ2n) is 4.72. The summed E-state index contributed by atoms with van der Waals surface area (Å²) in [5.74, 6) is -1.55. The third-order valence-electron chi connectivity index (χ3n) is 2.30. The standard InChI is InChI=1S/C10H16O5/c1-10(2,3)8-7(12)5(11)4-6(15-8)9(13)14/h4-5,7-8,11-12H,1-3H3,(H,13,14). The summed E-state index contributed by atoms with van der Waals surface area (Å²) < 4.78 is 5.15. The fourth-order valence-corrected chi connectivity index (χ4v) is 1.49. The van der Waals surface area contributed by atoms with Crippen molar-refractivity contribution in [3.05, 3.63) is 11.8 Å². The highest BCUT2D eigenvalue weighted by Gasteiger charge is 2.41. The molecule has 0 radical (unpaired) electrons. The number of hydrogen-bond donors (Lipinski definition) is 3. The number of aliphatic hydroxyl groups excluding tert-OH is 2. The normalized spacial score (nSPS) is 31.8. The molecule has 0 aromatic heterocycles. The minimum atomic E-state index is -1.24. The van der Waals surface area contributed by atoms with E-state index in [9.17, 15) is 15.0 Å². The molecule has 0 aliphatic carbocycles. The van der Waals surface area contributed by atoms with E-state index in [2.05, 4.69) is 0 Å². The molecule has 0 spiro atoms. The highest BCUT2D eigenvalue weighted by atomic mass is 16.5. The van der Waals surface area contributed by atoms with E-state index in [1.54, 1.807) is 20.8 Å². The van der Waals surface area contributed by atoms with Crippen molar-refractivity contribution in [1.82, 2.24) is 0 Å². The average Bonchev–Trinajstić information content (AvgIpc) is 2.06. The van der Waals surface area contributed by atoms with Crippen LogP contribution in [0.4, 0.5) is 0 Å². The fourth-order valence-electron chi connectivity index (χ4n) is 1.49. The lowest BCUT2D eigenvalue weighted by atomic mass is 9.82. The first-order chi connectivity index (χ1) is 6.73. The van der Waals surface area contributed by atoms with Crippen LogP contribution in [0.3, 0.4) is 0 Å². The Morgan fingerprint density at radius 1 is 1.40 bits per heavy atom. The third-order valence-corrected chi connectivity index (χ3v) is 2.30. The van der Waals surface area contributed by atoms with Gasteiger partial charge in [-0.15, -0.1) is 0 Å². The van der Waals surface area contributed by atoms with Crippen LogP contribution in [0.5, 0.6) is 0 Å². The molecular formula is C10H16O5. The van der Waals surface area contributed by atoms with Crippen molar-refractivity contribution in [2.24, 2.45) is 5.41 Å². The Morgan fingerprint density at radius 3 is 2.33 bits per heavy atom. The van der Waals surface area contributed by atoms with Crippen LogP contribution >= 0.6 is 0 Å². The van der Waals surface area contributed by atoms with E-state index < -0.39 is 29.7 Å². The number of ether oxygens (including phenoxy) is 1. The Hall–Kier alpha value is -1.07. The van der Waals surface area contributed by atoms with Crippen LogP contribution in [-0.4, -0.2) is 39.6 Å². The van der Waals surface area contributed by atoms with Gasteiger partial charge >= 0.3 is 5.97 Å². The SMILES string of the molecule is CC(C)(C)C1OC(C(=O)O)=CC(O)C1O. The molecule has 0 aromatic carbocycles. The van der Waals surface area contributed by atoms with Crippen molar-refractivity contribution >= 4 is 5.97 Å². The van der Waals surface area contributed by atoms with Crippen molar-refractivity contribution in [2.45, 2.75) is 39.1 Å². The Kier molecular flexibility index (Phi) is 3.06. The Bertz CT molecular complexity index is 289. The molecule has 0 bridgehead atoms. The van der Waals surface area contributed by atoms with Crippen LogP contribution in [0.25, 0.3) is 0 Å². The summed E-state index contributed by atoms with van der Waals surface area (Å²) in [6.07, 6.45) is -2.03. The van der Waals surface area contributed by atoms with Gasteiger partial charge in [0.25, 0.3) is 0 Å². The first-order valence-electron chi connectivity index (χ1n) is 4.71.